The van der Waals surface area contributed by atoms with Crippen molar-refractivity contribution < 1.29 is 40.2 Å². The summed E-state index contributed by atoms with van der Waals surface area (Å²) in [6, 6.07) is 0. The summed E-state index contributed by atoms with van der Waals surface area (Å²) in [6.45, 7) is 6.06. The molecule has 0 radical (unpaired) electrons. The van der Waals surface area contributed by atoms with Crippen LogP contribution in [0.5, 0.6) is 0 Å². The number of aliphatic hydroxyl groups is 4. The molecule has 0 spiro atoms. The molecule has 2 unspecified atom stereocenters. The predicted octanol–water partition coefficient (Wildman–Crippen LogP) is 7.62. The van der Waals surface area contributed by atoms with Crippen LogP contribution in [0.3, 0.4) is 0 Å². The lowest BCUT2D eigenvalue weighted by Gasteiger charge is -2.09. The second kappa shape index (κ2) is 15.1. The van der Waals surface area contributed by atoms with E-state index in [1.54, 1.807) is 13.8 Å². The number of rotatable bonds is 10. The van der Waals surface area contributed by atoms with Gasteiger partial charge in [-0.3, -0.25) is 9.59 Å². The zero-order valence-corrected chi connectivity index (χ0v) is 33.6. The van der Waals surface area contributed by atoms with Gasteiger partial charge in [0.25, 0.3) is 0 Å². The van der Waals surface area contributed by atoms with Gasteiger partial charge in [0.15, 0.2) is 0 Å². The van der Waals surface area contributed by atoms with Crippen molar-refractivity contribution in [3.63, 3.8) is 0 Å². The average Bonchev–Trinajstić information content (AvgIpc) is 3.80. The molecule has 0 saturated carbocycles. The van der Waals surface area contributed by atoms with Gasteiger partial charge in [-0.2, -0.15) is 0 Å². The number of allylic oxidation sites excluding steroid dienone is 4. The van der Waals surface area contributed by atoms with E-state index in [0.717, 1.165) is 0 Å². The number of hydrogen-bond acceptors (Lipinski definition) is 8. The molecule has 266 valence electrons. The van der Waals surface area contributed by atoms with Crippen molar-refractivity contribution in [1.82, 2.24) is 19.9 Å². The number of aromatic nitrogens is 4. The zero-order chi connectivity index (χ0) is 36.9. The van der Waals surface area contributed by atoms with Crippen molar-refractivity contribution in [1.29, 1.82) is 0 Å². The lowest BCUT2D eigenvalue weighted by Crippen LogP contribution is -2.04. The van der Waals surface area contributed by atoms with E-state index in [2.05, 4.69) is 73.7 Å². The number of aliphatic hydroxyl groups excluding tert-OH is 4. The molecule has 0 aliphatic carbocycles. The van der Waals surface area contributed by atoms with Gasteiger partial charge in [-0.05, 0) is 138 Å². The highest BCUT2D eigenvalue weighted by molar-refractivity contribution is 9.11. The van der Waals surface area contributed by atoms with Crippen LogP contribution in [-0.4, -0.2) is 75.7 Å². The number of carbonyl (C=O) groups is 2. The number of nitrogens with one attached hydrogen (secondary N) is 2. The number of carboxylic acid groups (broad SMARTS) is 2. The third-order valence-corrected chi connectivity index (χ3v) is 12.2. The summed E-state index contributed by atoms with van der Waals surface area (Å²) in [5.41, 5.74) is 8.30. The van der Waals surface area contributed by atoms with Crippen molar-refractivity contribution in [2.45, 2.75) is 65.6 Å². The van der Waals surface area contributed by atoms with Gasteiger partial charge in [0.05, 0.1) is 75.9 Å². The Morgan fingerprint density at radius 2 is 0.960 bits per heavy atom. The minimum atomic E-state index is -1.30. The van der Waals surface area contributed by atoms with Gasteiger partial charge >= 0.3 is 11.9 Å². The monoisotopic (exact) mass is 942 g/mol. The quantitative estimate of drug-likeness (QED) is 0.0996. The molecular formula is C34H34Br4N4O8. The topological polar surface area (TPSA) is 213 Å². The van der Waals surface area contributed by atoms with Crippen LogP contribution in [0.15, 0.2) is 17.9 Å². The minimum absolute atomic E-state index is 0.131. The molecule has 2 aliphatic rings. The van der Waals surface area contributed by atoms with Gasteiger partial charge in [0.2, 0.25) is 0 Å². The highest BCUT2D eigenvalue weighted by Gasteiger charge is 2.30. The number of H-pyrrole nitrogens is 2. The molecule has 8 N–H and O–H groups in total. The number of hydrogen-bond donors (Lipinski definition) is 8. The Hall–Kier alpha value is -2.70. The van der Waals surface area contributed by atoms with Gasteiger partial charge in [-0.15, -0.1) is 0 Å². The molecular weight excluding hydrogens is 912 g/mol. The molecule has 3 aromatic rings. The molecule has 5 rings (SSSR count). The highest BCUT2D eigenvalue weighted by atomic mass is 79.9. The Bertz CT molecular complexity index is 2190. The third kappa shape index (κ3) is 6.69. The molecule has 3 aromatic heterocycles. The average molecular weight is 946 g/mol. The lowest BCUT2D eigenvalue weighted by atomic mass is 9.98. The lowest BCUT2D eigenvalue weighted by molar-refractivity contribution is -0.137. The van der Waals surface area contributed by atoms with Gasteiger partial charge < -0.3 is 40.6 Å². The number of aliphatic carboxylic acids is 2. The maximum atomic E-state index is 11.8. The zero-order valence-electron chi connectivity index (χ0n) is 27.3. The summed E-state index contributed by atoms with van der Waals surface area (Å²) in [6.07, 6.45) is -2.67. The predicted molar refractivity (Wildman–Crippen MR) is 204 cm³/mol. The maximum Gasteiger partial charge on any atom is 0.303 e. The van der Waals surface area contributed by atoms with Gasteiger partial charge in [0.1, 0.15) is 12.2 Å². The molecule has 0 fully saturated rings. The first-order valence-corrected chi connectivity index (χ1v) is 18.6. The highest BCUT2D eigenvalue weighted by Crippen LogP contribution is 2.47. The van der Waals surface area contributed by atoms with E-state index in [1.807, 2.05) is 13.8 Å². The fourth-order valence-corrected chi connectivity index (χ4v) is 9.37. The van der Waals surface area contributed by atoms with Crippen LogP contribution in [-0.2, 0) is 9.59 Å². The van der Waals surface area contributed by atoms with E-state index in [1.165, 1.54) is 0 Å². The number of fused-ring (bicyclic) bond motifs is 8. The summed E-state index contributed by atoms with van der Waals surface area (Å²) in [5, 5.41) is 61.6. The Balaban J connectivity index is 2.11. The van der Waals surface area contributed by atoms with Gasteiger partial charge in [0, 0.05) is 24.0 Å². The molecule has 16 heteroatoms. The Morgan fingerprint density at radius 3 is 1.34 bits per heavy atom. The first kappa shape index (κ1) is 38.5. The number of aromatic amines is 2. The van der Waals surface area contributed by atoms with Crippen LogP contribution in [0, 0.1) is 13.8 Å². The van der Waals surface area contributed by atoms with E-state index in [4.69, 9.17) is 9.97 Å². The van der Waals surface area contributed by atoms with E-state index in [-0.39, 0.29) is 25.7 Å². The van der Waals surface area contributed by atoms with E-state index < -0.39 is 37.4 Å². The molecule has 0 amide bonds. The summed E-state index contributed by atoms with van der Waals surface area (Å²) < 4.78 is 1.83. The number of carboxylic acids is 2. The molecule has 2 atom stereocenters. The second-order valence-corrected chi connectivity index (χ2v) is 15.3. The van der Waals surface area contributed by atoms with Crippen LogP contribution in [0.2, 0.25) is 0 Å². The Labute approximate surface area is 319 Å². The van der Waals surface area contributed by atoms with E-state index in [9.17, 15) is 40.2 Å². The van der Waals surface area contributed by atoms with Crippen molar-refractivity contribution >= 4 is 120 Å². The Kier molecular flexibility index (Phi) is 11.6. The molecule has 50 heavy (non-hydrogen) atoms. The molecule has 2 aliphatic heterocycles. The fourth-order valence-electron chi connectivity index (χ4n) is 6.52. The van der Waals surface area contributed by atoms with Crippen molar-refractivity contribution in [3.8, 4) is 0 Å². The maximum absolute atomic E-state index is 11.8. The normalized spacial score (nSPS) is 14.5. The molecule has 8 bridgehead atoms. The summed E-state index contributed by atoms with van der Waals surface area (Å²) in [7, 11) is 0. The van der Waals surface area contributed by atoms with Crippen LogP contribution in [0.4, 0.5) is 0 Å². The smallest absolute Gasteiger partial charge is 0.303 e. The van der Waals surface area contributed by atoms with Gasteiger partial charge in [-0.25, -0.2) is 9.97 Å². The van der Waals surface area contributed by atoms with Crippen LogP contribution in [0.25, 0.3) is 44.4 Å². The SMILES string of the molecule is CC1=C(CCC(=O)O)c2nc1c(Br)c1[nH]c(c(C(O)CO)c1C)c(Br)c1[nH]c(c(Br)c3nc(c2Br)C(CCC(=O)O)=C3C)c(C(O)CO)c1C. The number of halogens is 4. The van der Waals surface area contributed by atoms with Crippen molar-refractivity contribution in [2.24, 2.45) is 0 Å². The van der Waals surface area contributed by atoms with E-state index >= 15 is 0 Å². The summed E-state index contributed by atoms with van der Waals surface area (Å²) in [4.78, 5) is 40.3. The molecule has 0 saturated heterocycles. The first-order valence-electron chi connectivity index (χ1n) is 15.5. The molecule has 12 nitrogen and oxygen atoms in total. The van der Waals surface area contributed by atoms with Crippen LogP contribution >= 0.6 is 63.7 Å². The Morgan fingerprint density at radius 1 is 0.600 bits per heavy atom. The number of nitrogens with zero attached hydrogens (tertiary/aromatic N) is 2. The summed E-state index contributed by atoms with van der Waals surface area (Å²) >= 11 is 14.9. The van der Waals surface area contributed by atoms with Gasteiger partial charge in [-0.1, -0.05) is 0 Å². The molecule has 0 aromatic carbocycles. The molecule has 5 heterocycles. The largest absolute Gasteiger partial charge is 0.481 e. The van der Waals surface area contributed by atoms with Crippen molar-refractivity contribution in [2.75, 3.05) is 13.2 Å². The summed E-state index contributed by atoms with van der Waals surface area (Å²) in [5.74, 6) is -1.99. The third-order valence-electron chi connectivity index (χ3n) is 9.13. The van der Waals surface area contributed by atoms with Crippen LogP contribution in [0.1, 0.15) is 96.8 Å². The fraction of sp³-hybridized carbons (Fsp3) is 0.353. The van der Waals surface area contributed by atoms with E-state index in [0.29, 0.717) is 107 Å². The van der Waals surface area contributed by atoms with Crippen LogP contribution < -0.4 is 0 Å². The second-order valence-electron chi connectivity index (χ2n) is 12.1. The van der Waals surface area contributed by atoms with Crippen molar-refractivity contribution in [3.05, 3.63) is 62.9 Å². The number of aryl methyl sites for hydroxylation is 2. The minimum Gasteiger partial charge on any atom is -0.481 e. The standard InChI is InChI=1S/C34H34Br4N4O8/c1-11-15(5-7-19(47)48)31-26(38)32-16(6-8-20(49)50)12(2)28(40-32)24(36)33-22(18(46)10-44)14(4)30(42-33)25(37)34-21(17(45)9-43)13(3)29(41-34)23(35)27(11)39-31/h17-18,41-46H,5-10H2,1-4H3,(H,47,48)(H,49,50). The first-order chi connectivity index (χ1) is 23.5.